The Morgan fingerprint density at radius 1 is 1.25 bits per heavy atom. The molecule has 0 fully saturated rings. The van der Waals surface area contributed by atoms with Crippen molar-refractivity contribution in [2.45, 2.75) is 44.9 Å². The highest BCUT2D eigenvalue weighted by Gasteiger charge is 2.28. The van der Waals surface area contributed by atoms with Gasteiger partial charge in [-0.3, -0.25) is 4.98 Å². The van der Waals surface area contributed by atoms with E-state index in [2.05, 4.69) is 36.8 Å². The number of rotatable bonds is 1. The Morgan fingerprint density at radius 2 is 2.05 bits per heavy atom. The van der Waals surface area contributed by atoms with Crippen molar-refractivity contribution in [2.24, 2.45) is 0 Å². The van der Waals surface area contributed by atoms with Crippen LogP contribution >= 0.6 is 0 Å². The minimum Gasteiger partial charge on any atom is -0.384 e. The van der Waals surface area contributed by atoms with E-state index >= 15 is 0 Å². The molecule has 0 radical (unpaired) electrons. The summed E-state index contributed by atoms with van der Waals surface area (Å²) in [6, 6.07) is 6.04. The minimum atomic E-state index is -0.102. The number of nitrogen functional groups attached to an aromatic ring is 1. The first kappa shape index (κ1) is 13.0. The van der Waals surface area contributed by atoms with Gasteiger partial charge in [-0.15, -0.1) is 0 Å². The lowest BCUT2D eigenvalue weighted by atomic mass is 9.94. The molecule has 0 aliphatic heterocycles. The lowest BCUT2D eigenvalue weighted by Gasteiger charge is -2.19. The maximum Gasteiger partial charge on any atom is 0.136 e. The van der Waals surface area contributed by atoms with Gasteiger partial charge in [0.15, 0.2) is 0 Å². The van der Waals surface area contributed by atoms with Gasteiger partial charge in [-0.2, -0.15) is 0 Å². The molecule has 0 saturated heterocycles. The summed E-state index contributed by atoms with van der Waals surface area (Å²) in [6.07, 6.45) is 3.96. The quantitative estimate of drug-likeness (QED) is 0.863. The first-order valence-electron chi connectivity index (χ1n) is 7.04. The largest absolute Gasteiger partial charge is 0.384 e. The van der Waals surface area contributed by atoms with E-state index in [9.17, 15) is 0 Å². The highest BCUT2D eigenvalue weighted by molar-refractivity contribution is 5.40. The van der Waals surface area contributed by atoms with Gasteiger partial charge in [0.2, 0.25) is 0 Å². The molecule has 20 heavy (non-hydrogen) atoms. The van der Waals surface area contributed by atoms with Crippen molar-refractivity contribution >= 4 is 5.82 Å². The fourth-order valence-corrected chi connectivity index (χ4v) is 2.70. The number of fused-ring (bicyclic) bond motifs is 1. The molecule has 1 unspecified atom stereocenters. The van der Waals surface area contributed by atoms with Crippen LogP contribution < -0.4 is 5.73 Å². The van der Waals surface area contributed by atoms with Gasteiger partial charge in [-0.25, -0.2) is 9.97 Å². The fourth-order valence-electron chi connectivity index (χ4n) is 2.70. The molecule has 4 heteroatoms. The Bertz CT molecular complexity index is 643. The monoisotopic (exact) mass is 268 g/mol. The highest BCUT2D eigenvalue weighted by atomic mass is 15.0. The van der Waals surface area contributed by atoms with E-state index < -0.39 is 0 Å². The number of hydrogen-bond donors (Lipinski definition) is 1. The summed E-state index contributed by atoms with van der Waals surface area (Å²) in [5.41, 5.74) is 9.34. The molecule has 0 saturated carbocycles. The third-order valence-electron chi connectivity index (χ3n) is 3.75. The standard InChI is InChI=1S/C16H20N4/c1-16(2,3)15-19-12(9-13(17)20-15)11-7-6-10-5-4-8-18-14(10)11/h4-5,8-9,11H,6-7H2,1-3H3,(H2,17,19,20). The van der Waals surface area contributed by atoms with Crippen molar-refractivity contribution in [2.75, 3.05) is 5.73 Å². The van der Waals surface area contributed by atoms with E-state index in [4.69, 9.17) is 10.7 Å². The number of hydrogen-bond acceptors (Lipinski definition) is 4. The average Bonchev–Trinajstić information content (AvgIpc) is 2.80. The number of nitrogens with two attached hydrogens (primary N) is 1. The molecule has 104 valence electrons. The second-order valence-electron chi connectivity index (χ2n) is 6.43. The smallest absolute Gasteiger partial charge is 0.136 e. The Kier molecular flexibility index (Phi) is 2.96. The molecule has 2 heterocycles. The molecule has 0 spiro atoms. The summed E-state index contributed by atoms with van der Waals surface area (Å²) >= 11 is 0. The van der Waals surface area contributed by atoms with Gasteiger partial charge >= 0.3 is 0 Å². The van der Waals surface area contributed by atoms with Crippen LogP contribution in [0.4, 0.5) is 5.82 Å². The molecule has 1 aliphatic rings. The Morgan fingerprint density at radius 3 is 2.80 bits per heavy atom. The molecule has 2 N–H and O–H groups in total. The molecule has 3 rings (SSSR count). The van der Waals surface area contributed by atoms with Crippen LogP contribution in [-0.4, -0.2) is 15.0 Å². The van der Waals surface area contributed by atoms with Crippen LogP contribution in [0.2, 0.25) is 0 Å². The van der Waals surface area contributed by atoms with Crippen LogP contribution in [0.25, 0.3) is 0 Å². The van der Waals surface area contributed by atoms with Crippen molar-refractivity contribution in [1.82, 2.24) is 15.0 Å². The first-order chi connectivity index (χ1) is 9.45. The maximum atomic E-state index is 5.97. The second-order valence-corrected chi connectivity index (χ2v) is 6.43. The number of aryl methyl sites for hydroxylation is 1. The number of aromatic nitrogens is 3. The van der Waals surface area contributed by atoms with Gasteiger partial charge in [0.1, 0.15) is 11.6 Å². The zero-order valence-corrected chi connectivity index (χ0v) is 12.2. The fraction of sp³-hybridized carbons (Fsp3) is 0.438. The van der Waals surface area contributed by atoms with E-state index in [0.29, 0.717) is 5.82 Å². The van der Waals surface area contributed by atoms with Gasteiger partial charge < -0.3 is 5.73 Å². The summed E-state index contributed by atoms with van der Waals surface area (Å²) in [6.45, 7) is 6.31. The molecular weight excluding hydrogens is 248 g/mol. The van der Waals surface area contributed by atoms with Crippen molar-refractivity contribution in [3.8, 4) is 0 Å². The zero-order valence-electron chi connectivity index (χ0n) is 12.2. The van der Waals surface area contributed by atoms with Crippen LogP contribution in [0.15, 0.2) is 24.4 Å². The molecule has 2 aromatic heterocycles. The molecule has 1 atom stereocenters. The molecule has 2 aromatic rings. The van der Waals surface area contributed by atoms with Gasteiger partial charge in [-0.05, 0) is 24.5 Å². The van der Waals surface area contributed by atoms with Crippen LogP contribution in [0.3, 0.4) is 0 Å². The van der Waals surface area contributed by atoms with Crippen LogP contribution in [0.1, 0.15) is 55.9 Å². The molecular formula is C16H20N4. The zero-order chi connectivity index (χ0) is 14.3. The second kappa shape index (κ2) is 4.54. The van der Waals surface area contributed by atoms with Crippen molar-refractivity contribution in [3.63, 3.8) is 0 Å². The molecule has 4 nitrogen and oxygen atoms in total. The number of anilines is 1. The van der Waals surface area contributed by atoms with E-state index in [-0.39, 0.29) is 11.3 Å². The maximum absolute atomic E-state index is 5.97. The summed E-state index contributed by atoms with van der Waals surface area (Å²) < 4.78 is 0. The Hall–Kier alpha value is -1.97. The van der Waals surface area contributed by atoms with Crippen molar-refractivity contribution in [3.05, 3.63) is 47.2 Å². The van der Waals surface area contributed by atoms with Gasteiger partial charge in [0, 0.05) is 23.6 Å². The molecule has 0 bridgehead atoms. The van der Waals surface area contributed by atoms with Crippen LogP contribution in [0, 0.1) is 0 Å². The van der Waals surface area contributed by atoms with Crippen LogP contribution in [-0.2, 0) is 11.8 Å². The van der Waals surface area contributed by atoms with Gasteiger partial charge in [-0.1, -0.05) is 26.8 Å². The summed E-state index contributed by atoms with van der Waals surface area (Å²) in [5.74, 6) is 1.60. The SMILES string of the molecule is CC(C)(C)c1nc(N)cc(C2CCc3cccnc32)n1. The molecule has 0 aromatic carbocycles. The molecule has 0 amide bonds. The summed E-state index contributed by atoms with van der Waals surface area (Å²) in [7, 11) is 0. The number of pyridine rings is 1. The van der Waals surface area contributed by atoms with Crippen molar-refractivity contribution < 1.29 is 0 Å². The lowest BCUT2D eigenvalue weighted by molar-refractivity contribution is 0.539. The van der Waals surface area contributed by atoms with E-state index in [1.54, 1.807) is 0 Å². The third-order valence-corrected chi connectivity index (χ3v) is 3.75. The first-order valence-corrected chi connectivity index (χ1v) is 7.04. The predicted molar refractivity (Wildman–Crippen MR) is 79.5 cm³/mol. The minimum absolute atomic E-state index is 0.102. The summed E-state index contributed by atoms with van der Waals surface area (Å²) in [5, 5.41) is 0. The normalized spacial score (nSPS) is 18.1. The van der Waals surface area contributed by atoms with Crippen LogP contribution in [0.5, 0.6) is 0 Å². The highest BCUT2D eigenvalue weighted by Crippen LogP contribution is 2.36. The predicted octanol–water partition coefficient (Wildman–Crippen LogP) is 2.83. The van der Waals surface area contributed by atoms with E-state index in [0.717, 1.165) is 30.1 Å². The van der Waals surface area contributed by atoms with Gasteiger partial charge in [0.25, 0.3) is 0 Å². The Labute approximate surface area is 119 Å². The number of nitrogens with zero attached hydrogens (tertiary/aromatic N) is 3. The third kappa shape index (κ3) is 2.26. The molecule has 1 aliphatic carbocycles. The average molecular weight is 268 g/mol. The topological polar surface area (TPSA) is 64.7 Å². The van der Waals surface area contributed by atoms with E-state index in [1.807, 2.05) is 18.3 Å². The lowest BCUT2D eigenvalue weighted by Crippen LogP contribution is -2.19. The summed E-state index contributed by atoms with van der Waals surface area (Å²) in [4.78, 5) is 13.7. The van der Waals surface area contributed by atoms with E-state index in [1.165, 1.54) is 5.56 Å². The Balaban J connectivity index is 2.06. The van der Waals surface area contributed by atoms with Gasteiger partial charge in [0.05, 0.1) is 11.4 Å². The van der Waals surface area contributed by atoms with Crippen molar-refractivity contribution in [1.29, 1.82) is 0 Å².